The molecule has 1 aliphatic carbocycles. The second-order valence-electron chi connectivity index (χ2n) is 5.28. The van der Waals surface area contributed by atoms with E-state index in [0.717, 1.165) is 30.5 Å². The zero-order valence-electron chi connectivity index (χ0n) is 11.7. The number of halogens is 1. The molecular formula is C16H19ClN2OS. The van der Waals surface area contributed by atoms with Crippen molar-refractivity contribution in [1.82, 2.24) is 5.32 Å². The first-order chi connectivity index (χ1) is 9.72. The highest BCUT2D eigenvalue weighted by atomic mass is 35.5. The predicted molar refractivity (Wildman–Crippen MR) is 89.9 cm³/mol. The molecule has 2 aromatic rings. The number of hydrogen-bond acceptors (Lipinski definition) is 3. The highest BCUT2D eigenvalue weighted by molar-refractivity contribution is 7.07. The standard InChI is InChI=1S/C16H18N2OS.ClH/c17-13-4-5-14-12(9-13)2-1-3-15(14)18-16(19)8-11-6-7-20-10-11;/h4-7,9-10,15H,1-3,8,17H2,(H,18,19);1H. The van der Waals surface area contributed by atoms with Crippen LogP contribution in [0.4, 0.5) is 5.69 Å². The van der Waals surface area contributed by atoms with Gasteiger partial charge in [-0.05, 0) is 64.9 Å². The molecule has 1 unspecified atom stereocenters. The Kier molecular flexibility index (Phi) is 5.26. The number of amides is 1. The number of hydrogen-bond donors (Lipinski definition) is 2. The topological polar surface area (TPSA) is 55.1 Å². The molecule has 0 saturated heterocycles. The van der Waals surface area contributed by atoms with Crippen molar-refractivity contribution in [1.29, 1.82) is 0 Å². The number of nitrogen functional groups attached to an aromatic ring is 1. The number of carbonyl (C=O) groups excluding carboxylic acids is 1. The normalized spacial score (nSPS) is 16.7. The maximum Gasteiger partial charge on any atom is 0.224 e. The summed E-state index contributed by atoms with van der Waals surface area (Å²) in [6.07, 6.45) is 3.62. The molecule has 0 fully saturated rings. The minimum Gasteiger partial charge on any atom is -0.399 e. The van der Waals surface area contributed by atoms with Crippen molar-refractivity contribution in [2.45, 2.75) is 31.7 Å². The minimum absolute atomic E-state index is 0. The van der Waals surface area contributed by atoms with E-state index < -0.39 is 0 Å². The van der Waals surface area contributed by atoms with Crippen LogP contribution in [0.25, 0.3) is 0 Å². The highest BCUT2D eigenvalue weighted by Crippen LogP contribution is 2.31. The number of thiophene rings is 1. The number of anilines is 1. The maximum atomic E-state index is 12.1. The summed E-state index contributed by atoms with van der Waals surface area (Å²) in [7, 11) is 0. The third-order valence-electron chi connectivity index (χ3n) is 3.76. The fraction of sp³-hybridized carbons (Fsp3) is 0.312. The van der Waals surface area contributed by atoms with Crippen molar-refractivity contribution in [3.63, 3.8) is 0 Å². The lowest BCUT2D eigenvalue weighted by Gasteiger charge is -2.26. The molecule has 0 bridgehead atoms. The van der Waals surface area contributed by atoms with Crippen molar-refractivity contribution in [3.8, 4) is 0 Å². The van der Waals surface area contributed by atoms with E-state index in [1.54, 1.807) is 11.3 Å². The molecule has 1 heterocycles. The van der Waals surface area contributed by atoms with Crippen LogP contribution in [0.1, 0.15) is 35.6 Å². The Hall–Kier alpha value is -1.52. The van der Waals surface area contributed by atoms with E-state index in [9.17, 15) is 4.79 Å². The highest BCUT2D eigenvalue weighted by Gasteiger charge is 2.21. The van der Waals surface area contributed by atoms with Crippen LogP contribution >= 0.6 is 23.7 Å². The Morgan fingerprint density at radius 3 is 3.00 bits per heavy atom. The van der Waals surface area contributed by atoms with Gasteiger partial charge in [-0.1, -0.05) is 6.07 Å². The van der Waals surface area contributed by atoms with Gasteiger partial charge in [0, 0.05) is 5.69 Å². The van der Waals surface area contributed by atoms with Gasteiger partial charge in [-0.15, -0.1) is 12.4 Å². The molecule has 3 rings (SSSR count). The maximum absolute atomic E-state index is 12.1. The average Bonchev–Trinajstić information content (AvgIpc) is 2.91. The van der Waals surface area contributed by atoms with Crippen LogP contribution in [0, 0.1) is 0 Å². The number of aryl methyl sites for hydroxylation is 1. The molecule has 1 aliphatic rings. The van der Waals surface area contributed by atoms with Crippen LogP contribution < -0.4 is 11.1 Å². The van der Waals surface area contributed by atoms with E-state index in [-0.39, 0.29) is 24.4 Å². The monoisotopic (exact) mass is 322 g/mol. The minimum atomic E-state index is 0. The molecule has 0 spiro atoms. The van der Waals surface area contributed by atoms with E-state index in [2.05, 4.69) is 11.4 Å². The third kappa shape index (κ3) is 3.77. The first-order valence-corrected chi connectivity index (χ1v) is 7.85. The van der Waals surface area contributed by atoms with Gasteiger partial charge < -0.3 is 11.1 Å². The second-order valence-corrected chi connectivity index (χ2v) is 6.06. The van der Waals surface area contributed by atoms with Crippen molar-refractivity contribution < 1.29 is 4.79 Å². The summed E-state index contributed by atoms with van der Waals surface area (Å²) in [5.74, 6) is 0.0954. The van der Waals surface area contributed by atoms with Gasteiger partial charge in [-0.3, -0.25) is 4.79 Å². The van der Waals surface area contributed by atoms with Gasteiger partial charge in [0.25, 0.3) is 0 Å². The Balaban J connectivity index is 0.00000161. The SMILES string of the molecule is Cl.Nc1ccc2c(c1)CCCC2NC(=O)Cc1ccsc1. The van der Waals surface area contributed by atoms with Gasteiger partial charge in [0.1, 0.15) is 0 Å². The van der Waals surface area contributed by atoms with Crippen LogP contribution in [0.15, 0.2) is 35.0 Å². The van der Waals surface area contributed by atoms with E-state index in [1.165, 1.54) is 11.1 Å². The fourth-order valence-electron chi connectivity index (χ4n) is 2.81. The second kappa shape index (κ2) is 6.96. The van der Waals surface area contributed by atoms with Crippen molar-refractivity contribution in [2.24, 2.45) is 0 Å². The van der Waals surface area contributed by atoms with Gasteiger partial charge in [0.2, 0.25) is 5.91 Å². The van der Waals surface area contributed by atoms with Gasteiger partial charge in [0.05, 0.1) is 12.5 Å². The number of carbonyl (C=O) groups is 1. The lowest BCUT2D eigenvalue weighted by Crippen LogP contribution is -2.32. The van der Waals surface area contributed by atoms with Crippen LogP contribution in [0.5, 0.6) is 0 Å². The molecule has 0 radical (unpaired) electrons. The van der Waals surface area contributed by atoms with Crippen molar-refractivity contribution >= 4 is 35.3 Å². The number of rotatable bonds is 3. The number of benzene rings is 1. The summed E-state index contributed by atoms with van der Waals surface area (Å²) in [5.41, 5.74) is 10.2. The quantitative estimate of drug-likeness (QED) is 0.850. The molecule has 21 heavy (non-hydrogen) atoms. The molecule has 5 heteroatoms. The third-order valence-corrected chi connectivity index (χ3v) is 4.49. The predicted octanol–water partition coefficient (Wildman–Crippen LogP) is 3.49. The molecule has 3 N–H and O–H groups in total. The van der Waals surface area contributed by atoms with Gasteiger partial charge in [0.15, 0.2) is 0 Å². The number of fused-ring (bicyclic) bond motifs is 1. The smallest absolute Gasteiger partial charge is 0.224 e. The van der Waals surface area contributed by atoms with Gasteiger partial charge in [-0.25, -0.2) is 0 Å². The largest absolute Gasteiger partial charge is 0.399 e. The lowest BCUT2D eigenvalue weighted by molar-refractivity contribution is -0.121. The Morgan fingerprint density at radius 2 is 2.24 bits per heavy atom. The van der Waals surface area contributed by atoms with Gasteiger partial charge in [-0.2, -0.15) is 11.3 Å². The van der Waals surface area contributed by atoms with Gasteiger partial charge >= 0.3 is 0 Å². The van der Waals surface area contributed by atoms with E-state index in [1.807, 2.05) is 29.0 Å². The van der Waals surface area contributed by atoms with Crippen LogP contribution in [0.3, 0.4) is 0 Å². The summed E-state index contributed by atoms with van der Waals surface area (Å²) in [4.78, 5) is 12.1. The summed E-state index contributed by atoms with van der Waals surface area (Å²) >= 11 is 1.62. The first kappa shape index (κ1) is 15.9. The summed E-state index contributed by atoms with van der Waals surface area (Å²) in [6, 6.07) is 8.14. The molecule has 1 aromatic carbocycles. The summed E-state index contributed by atoms with van der Waals surface area (Å²) < 4.78 is 0. The van der Waals surface area contributed by atoms with Crippen LogP contribution in [-0.4, -0.2) is 5.91 Å². The van der Waals surface area contributed by atoms with E-state index in [0.29, 0.717) is 6.42 Å². The summed E-state index contributed by atoms with van der Waals surface area (Å²) in [6.45, 7) is 0. The average molecular weight is 323 g/mol. The Morgan fingerprint density at radius 1 is 1.38 bits per heavy atom. The van der Waals surface area contributed by atoms with Crippen LogP contribution in [0.2, 0.25) is 0 Å². The van der Waals surface area contributed by atoms with E-state index >= 15 is 0 Å². The first-order valence-electron chi connectivity index (χ1n) is 6.91. The van der Waals surface area contributed by atoms with Crippen LogP contribution in [-0.2, 0) is 17.6 Å². The van der Waals surface area contributed by atoms with E-state index in [4.69, 9.17) is 5.73 Å². The Bertz CT molecular complexity index is 613. The zero-order valence-corrected chi connectivity index (χ0v) is 13.3. The number of nitrogens with one attached hydrogen (secondary N) is 1. The molecule has 1 amide bonds. The van der Waals surface area contributed by atoms with Crippen molar-refractivity contribution in [3.05, 3.63) is 51.7 Å². The fourth-order valence-corrected chi connectivity index (χ4v) is 3.48. The number of nitrogens with two attached hydrogens (primary N) is 1. The lowest BCUT2D eigenvalue weighted by atomic mass is 9.87. The molecular weight excluding hydrogens is 304 g/mol. The molecule has 0 saturated carbocycles. The summed E-state index contributed by atoms with van der Waals surface area (Å²) in [5, 5.41) is 7.18. The Labute approximate surface area is 135 Å². The van der Waals surface area contributed by atoms with Crippen molar-refractivity contribution in [2.75, 3.05) is 5.73 Å². The molecule has 3 nitrogen and oxygen atoms in total. The zero-order chi connectivity index (χ0) is 13.9. The molecule has 0 aliphatic heterocycles. The molecule has 112 valence electrons. The molecule has 1 atom stereocenters. The molecule has 1 aromatic heterocycles.